The maximum absolute atomic E-state index is 12.5. The van der Waals surface area contributed by atoms with Gasteiger partial charge in [-0.1, -0.05) is 43.0 Å². The van der Waals surface area contributed by atoms with E-state index in [9.17, 15) is 9.59 Å². The Morgan fingerprint density at radius 3 is 2.67 bits per heavy atom. The summed E-state index contributed by atoms with van der Waals surface area (Å²) in [6.07, 6.45) is 6.26. The second-order valence-electron chi connectivity index (χ2n) is 8.50. The third-order valence-corrected chi connectivity index (χ3v) is 6.05. The summed E-state index contributed by atoms with van der Waals surface area (Å²) in [5, 5.41) is 7.91. The number of rotatable bonds is 9. The molecule has 0 aliphatic heterocycles. The van der Waals surface area contributed by atoms with Crippen LogP contribution in [-0.2, 0) is 9.59 Å². The highest BCUT2D eigenvalue weighted by molar-refractivity contribution is 6.30. The standard InChI is InChI=1S/C26H32ClN3O3/c1-18-16-22(27)13-14-24(18)33-15-7-12-25(31)30-29-19(2)21-10-6-11-23(17-21)28-26(32)20-8-4-3-5-9-20/h6,10-11,13-14,16-17,20H,3-5,7-9,12,15H2,1-2H3,(H,28,32)(H,30,31). The average Bonchev–Trinajstić information content (AvgIpc) is 2.82. The fourth-order valence-electron chi connectivity index (χ4n) is 3.89. The number of amides is 2. The number of hydrogen-bond acceptors (Lipinski definition) is 4. The molecule has 2 aromatic rings. The van der Waals surface area contributed by atoms with Crippen molar-refractivity contribution in [1.29, 1.82) is 0 Å². The number of anilines is 1. The molecule has 2 aromatic carbocycles. The second kappa shape index (κ2) is 12.4. The van der Waals surface area contributed by atoms with Gasteiger partial charge in [-0.15, -0.1) is 0 Å². The first kappa shape index (κ1) is 24.8. The summed E-state index contributed by atoms with van der Waals surface area (Å²) in [7, 11) is 0. The molecule has 0 aromatic heterocycles. The lowest BCUT2D eigenvalue weighted by Crippen LogP contribution is -2.24. The van der Waals surface area contributed by atoms with Crippen molar-refractivity contribution in [3.8, 4) is 5.75 Å². The van der Waals surface area contributed by atoms with E-state index < -0.39 is 0 Å². The van der Waals surface area contributed by atoms with Crippen molar-refractivity contribution in [2.75, 3.05) is 11.9 Å². The van der Waals surface area contributed by atoms with Gasteiger partial charge in [0, 0.05) is 23.0 Å². The van der Waals surface area contributed by atoms with E-state index >= 15 is 0 Å². The van der Waals surface area contributed by atoms with Crippen molar-refractivity contribution < 1.29 is 14.3 Å². The predicted octanol–water partition coefficient (Wildman–Crippen LogP) is 5.87. The van der Waals surface area contributed by atoms with Crippen molar-refractivity contribution in [2.24, 2.45) is 11.0 Å². The third kappa shape index (κ3) is 7.90. The van der Waals surface area contributed by atoms with Gasteiger partial charge in [0.2, 0.25) is 11.8 Å². The van der Waals surface area contributed by atoms with Gasteiger partial charge in [0.05, 0.1) is 12.3 Å². The zero-order valence-corrected chi connectivity index (χ0v) is 20.1. The van der Waals surface area contributed by atoms with Crippen LogP contribution in [0.5, 0.6) is 5.75 Å². The Morgan fingerprint density at radius 1 is 1.12 bits per heavy atom. The average molecular weight is 470 g/mol. The summed E-state index contributed by atoms with van der Waals surface area (Å²) in [5.41, 5.74) is 5.83. The van der Waals surface area contributed by atoms with Gasteiger partial charge in [0.1, 0.15) is 5.75 Å². The molecule has 0 atom stereocenters. The van der Waals surface area contributed by atoms with E-state index in [0.717, 1.165) is 48.2 Å². The molecule has 33 heavy (non-hydrogen) atoms. The zero-order chi connectivity index (χ0) is 23.6. The summed E-state index contributed by atoms with van der Waals surface area (Å²) < 4.78 is 5.72. The number of hydrazone groups is 1. The molecule has 2 amide bonds. The number of carbonyl (C=O) groups is 2. The van der Waals surface area contributed by atoms with Crippen LogP contribution in [-0.4, -0.2) is 24.1 Å². The van der Waals surface area contributed by atoms with Gasteiger partial charge in [-0.2, -0.15) is 5.10 Å². The third-order valence-electron chi connectivity index (χ3n) is 5.81. The van der Waals surface area contributed by atoms with Crippen molar-refractivity contribution in [3.63, 3.8) is 0 Å². The molecule has 1 fully saturated rings. The van der Waals surface area contributed by atoms with Crippen LogP contribution in [0.4, 0.5) is 5.69 Å². The van der Waals surface area contributed by atoms with Crippen LogP contribution in [0.3, 0.4) is 0 Å². The normalized spacial score (nSPS) is 14.6. The highest BCUT2D eigenvalue weighted by Gasteiger charge is 2.21. The Bertz CT molecular complexity index is 1000. The van der Waals surface area contributed by atoms with Crippen molar-refractivity contribution in [2.45, 2.75) is 58.8 Å². The maximum Gasteiger partial charge on any atom is 0.240 e. The van der Waals surface area contributed by atoms with E-state index in [2.05, 4.69) is 15.8 Å². The lowest BCUT2D eigenvalue weighted by Gasteiger charge is -2.20. The molecule has 1 aliphatic carbocycles. The molecule has 0 bridgehead atoms. The Balaban J connectivity index is 1.44. The van der Waals surface area contributed by atoms with Crippen LogP contribution >= 0.6 is 11.6 Å². The Labute approximate surface area is 200 Å². The Hall–Kier alpha value is -2.86. The molecule has 0 saturated heterocycles. The number of nitrogens with one attached hydrogen (secondary N) is 2. The molecule has 0 spiro atoms. The molecule has 1 saturated carbocycles. The maximum atomic E-state index is 12.5. The minimum Gasteiger partial charge on any atom is -0.493 e. The van der Waals surface area contributed by atoms with E-state index in [1.54, 1.807) is 6.07 Å². The van der Waals surface area contributed by atoms with E-state index in [1.807, 2.05) is 50.2 Å². The molecule has 3 rings (SSSR count). The first-order valence-corrected chi connectivity index (χ1v) is 11.9. The molecule has 0 heterocycles. The van der Waals surface area contributed by atoms with Crippen molar-refractivity contribution in [1.82, 2.24) is 5.43 Å². The smallest absolute Gasteiger partial charge is 0.240 e. The molecule has 0 unspecified atom stereocenters. The van der Waals surface area contributed by atoms with Gasteiger partial charge in [-0.05, 0) is 74.6 Å². The molecule has 2 N–H and O–H groups in total. The Kier molecular flexibility index (Phi) is 9.31. The minimum absolute atomic E-state index is 0.0887. The molecule has 7 heteroatoms. The SMILES string of the molecule is CC(=NNC(=O)CCCOc1ccc(Cl)cc1C)c1cccc(NC(=O)C2CCCCC2)c1. The zero-order valence-electron chi connectivity index (χ0n) is 19.3. The molecule has 0 radical (unpaired) electrons. The second-order valence-corrected chi connectivity index (χ2v) is 8.94. The van der Waals surface area contributed by atoms with Crippen LogP contribution in [0.25, 0.3) is 0 Å². The summed E-state index contributed by atoms with van der Waals surface area (Å²) in [6.45, 7) is 4.19. The molecular formula is C26H32ClN3O3. The predicted molar refractivity (Wildman–Crippen MR) is 133 cm³/mol. The summed E-state index contributed by atoms with van der Waals surface area (Å²) in [6, 6.07) is 13.0. The van der Waals surface area contributed by atoms with Crippen molar-refractivity contribution in [3.05, 3.63) is 58.6 Å². The summed E-state index contributed by atoms with van der Waals surface area (Å²) in [4.78, 5) is 24.6. The van der Waals surface area contributed by atoms with Gasteiger partial charge >= 0.3 is 0 Å². The van der Waals surface area contributed by atoms with E-state index in [0.29, 0.717) is 30.2 Å². The van der Waals surface area contributed by atoms with E-state index in [-0.39, 0.29) is 17.7 Å². The largest absolute Gasteiger partial charge is 0.493 e. The van der Waals surface area contributed by atoms with Gasteiger partial charge in [0.15, 0.2) is 0 Å². The number of aryl methyl sites for hydroxylation is 1. The highest BCUT2D eigenvalue weighted by Crippen LogP contribution is 2.25. The number of halogens is 1. The van der Waals surface area contributed by atoms with Crippen LogP contribution in [0.15, 0.2) is 47.6 Å². The van der Waals surface area contributed by atoms with Crippen LogP contribution in [0.1, 0.15) is 63.0 Å². The van der Waals surface area contributed by atoms with Crippen LogP contribution < -0.4 is 15.5 Å². The number of ether oxygens (including phenoxy) is 1. The monoisotopic (exact) mass is 469 g/mol. The number of carbonyl (C=O) groups excluding carboxylic acids is 2. The van der Waals surface area contributed by atoms with Gasteiger partial charge in [0.25, 0.3) is 0 Å². The molecule has 6 nitrogen and oxygen atoms in total. The minimum atomic E-state index is -0.174. The fourth-order valence-corrected chi connectivity index (χ4v) is 4.11. The first-order chi connectivity index (χ1) is 15.9. The van der Waals surface area contributed by atoms with Gasteiger partial charge in [-0.25, -0.2) is 5.43 Å². The molecule has 1 aliphatic rings. The van der Waals surface area contributed by atoms with Gasteiger partial charge in [-0.3, -0.25) is 9.59 Å². The number of nitrogens with zero attached hydrogens (tertiary/aromatic N) is 1. The highest BCUT2D eigenvalue weighted by atomic mass is 35.5. The molecule has 176 valence electrons. The lowest BCUT2D eigenvalue weighted by atomic mass is 9.88. The first-order valence-electron chi connectivity index (χ1n) is 11.6. The number of hydrogen-bond donors (Lipinski definition) is 2. The number of benzene rings is 2. The van der Waals surface area contributed by atoms with Crippen LogP contribution in [0, 0.1) is 12.8 Å². The van der Waals surface area contributed by atoms with Gasteiger partial charge < -0.3 is 10.1 Å². The van der Waals surface area contributed by atoms with Crippen LogP contribution in [0.2, 0.25) is 5.02 Å². The fraction of sp³-hybridized carbons (Fsp3) is 0.423. The molecular weight excluding hydrogens is 438 g/mol. The van der Waals surface area contributed by atoms with E-state index in [1.165, 1.54) is 6.42 Å². The lowest BCUT2D eigenvalue weighted by molar-refractivity contribution is -0.121. The topological polar surface area (TPSA) is 79.8 Å². The summed E-state index contributed by atoms with van der Waals surface area (Å²) >= 11 is 5.95. The van der Waals surface area contributed by atoms with Crippen molar-refractivity contribution >= 4 is 34.8 Å². The van der Waals surface area contributed by atoms with E-state index in [4.69, 9.17) is 16.3 Å². The Morgan fingerprint density at radius 2 is 1.91 bits per heavy atom. The summed E-state index contributed by atoms with van der Waals surface area (Å²) in [5.74, 6) is 0.784. The quantitative estimate of drug-likeness (QED) is 0.274.